The third-order valence-corrected chi connectivity index (χ3v) is 9.44. The Bertz CT molecular complexity index is 1150. The van der Waals surface area contributed by atoms with Gasteiger partial charge in [0.25, 0.3) is 0 Å². The molecule has 2 saturated heterocycles. The second kappa shape index (κ2) is 11.6. The minimum absolute atomic E-state index is 0.0817. The van der Waals surface area contributed by atoms with Gasteiger partial charge in [0.15, 0.2) is 0 Å². The summed E-state index contributed by atoms with van der Waals surface area (Å²) in [7, 11) is 1.51. The normalized spacial score (nSPS) is 26.6. The van der Waals surface area contributed by atoms with E-state index in [1.807, 2.05) is 26.0 Å². The number of aryl methyl sites for hydroxylation is 1. The summed E-state index contributed by atoms with van der Waals surface area (Å²) in [4.78, 5) is 56.5. The van der Waals surface area contributed by atoms with Gasteiger partial charge in [-0.15, -0.1) is 11.8 Å². The minimum Gasteiger partial charge on any atom is -0.444 e. The molecule has 1 aromatic carbocycles. The van der Waals surface area contributed by atoms with Crippen LogP contribution < -0.4 is 10.6 Å². The minimum atomic E-state index is -0.838. The molecule has 0 spiro atoms. The number of benzene rings is 1. The van der Waals surface area contributed by atoms with Crippen LogP contribution in [-0.2, 0) is 25.5 Å². The molecule has 3 aliphatic rings. The van der Waals surface area contributed by atoms with Crippen LogP contribution in [0.2, 0.25) is 0 Å². The highest BCUT2D eigenvalue weighted by Crippen LogP contribution is 2.46. The fourth-order valence-electron chi connectivity index (χ4n) is 5.97. The van der Waals surface area contributed by atoms with Crippen LogP contribution in [0.3, 0.4) is 0 Å². The highest BCUT2D eigenvalue weighted by molar-refractivity contribution is 7.99. The summed E-state index contributed by atoms with van der Waals surface area (Å²) in [5.74, 6) is -0.152. The Morgan fingerprint density at radius 2 is 1.82 bits per heavy atom. The van der Waals surface area contributed by atoms with Gasteiger partial charge in [-0.2, -0.15) is 0 Å². The fraction of sp³-hybridized carbons (Fsp3) is 0.667. The van der Waals surface area contributed by atoms with Crippen LogP contribution in [0.5, 0.6) is 0 Å². The zero-order valence-electron chi connectivity index (χ0n) is 24.8. The smallest absolute Gasteiger partial charge is 0.410 e. The van der Waals surface area contributed by atoms with Crippen molar-refractivity contribution in [3.05, 3.63) is 35.4 Å². The summed E-state index contributed by atoms with van der Waals surface area (Å²) in [6, 6.07) is 5.88. The molecule has 0 aromatic heterocycles. The predicted octanol–water partition coefficient (Wildman–Crippen LogP) is 4.01. The third kappa shape index (κ3) is 6.42. The summed E-state index contributed by atoms with van der Waals surface area (Å²) in [5.41, 5.74) is 1.29. The highest BCUT2D eigenvalue weighted by atomic mass is 32.2. The number of rotatable bonds is 5. The van der Waals surface area contributed by atoms with Gasteiger partial charge in [-0.05, 0) is 82.1 Å². The molecule has 9 nitrogen and oxygen atoms in total. The number of ether oxygens (including phenoxy) is 1. The van der Waals surface area contributed by atoms with E-state index in [2.05, 4.69) is 22.8 Å². The van der Waals surface area contributed by atoms with Crippen LogP contribution in [-0.4, -0.2) is 75.5 Å². The topological polar surface area (TPSA) is 108 Å². The first kappa shape index (κ1) is 30.2. The monoisotopic (exact) mass is 572 g/mol. The summed E-state index contributed by atoms with van der Waals surface area (Å²) >= 11 is 1.66. The molecule has 2 fully saturated rings. The van der Waals surface area contributed by atoms with Crippen molar-refractivity contribution in [2.24, 2.45) is 5.41 Å². The van der Waals surface area contributed by atoms with Gasteiger partial charge in [-0.1, -0.05) is 38.1 Å². The van der Waals surface area contributed by atoms with Crippen LogP contribution in [0.1, 0.15) is 84.4 Å². The predicted molar refractivity (Wildman–Crippen MR) is 156 cm³/mol. The van der Waals surface area contributed by atoms with Crippen molar-refractivity contribution >= 4 is 35.6 Å². The van der Waals surface area contributed by atoms with Crippen LogP contribution in [0.15, 0.2) is 24.3 Å². The number of nitrogens with zero attached hydrogens (tertiary/aromatic N) is 2. The first-order valence-electron chi connectivity index (χ1n) is 14.3. The number of carbonyl (C=O) groups is 4. The number of hydrogen-bond acceptors (Lipinski definition) is 6. The fourth-order valence-corrected chi connectivity index (χ4v) is 7.54. The quantitative estimate of drug-likeness (QED) is 0.552. The number of fused-ring (bicyclic) bond motifs is 2. The van der Waals surface area contributed by atoms with Gasteiger partial charge >= 0.3 is 6.09 Å². The van der Waals surface area contributed by atoms with E-state index in [1.165, 1.54) is 17.5 Å². The van der Waals surface area contributed by atoms with E-state index in [0.29, 0.717) is 18.6 Å². The molecule has 0 bridgehead atoms. The van der Waals surface area contributed by atoms with Gasteiger partial charge in [0, 0.05) is 7.05 Å². The van der Waals surface area contributed by atoms with E-state index in [4.69, 9.17) is 4.74 Å². The first-order valence-corrected chi connectivity index (χ1v) is 15.3. The SMILES string of the molecule is C[C@@H](C(=O)N[C@H]1CCS[C@H]2CC(C)(C)[C@H](C(=O)N[C@@H]3CCCc4ccccc43)N2C1=O)N(C)C(=O)OC(C)(C)C. The number of hydrogen-bond donors (Lipinski definition) is 2. The average molecular weight is 573 g/mol. The number of thioether (sulfide) groups is 1. The van der Waals surface area contributed by atoms with Crippen LogP contribution in [0.25, 0.3) is 0 Å². The maximum atomic E-state index is 14.0. The van der Waals surface area contributed by atoms with Crippen molar-refractivity contribution in [1.29, 1.82) is 0 Å². The molecule has 1 aliphatic carbocycles. The van der Waals surface area contributed by atoms with Crippen LogP contribution in [0, 0.1) is 5.41 Å². The maximum absolute atomic E-state index is 14.0. The lowest BCUT2D eigenvalue weighted by Gasteiger charge is -2.36. The molecule has 0 unspecified atom stereocenters. The van der Waals surface area contributed by atoms with E-state index < -0.39 is 41.1 Å². The lowest BCUT2D eigenvalue weighted by molar-refractivity contribution is -0.144. The lowest BCUT2D eigenvalue weighted by atomic mass is 9.83. The van der Waals surface area contributed by atoms with E-state index in [1.54, 1.807) is 44.4 Å². The molecule has 0 radical (unpaired) electrons. The molecule has 4 amide bonds. The van der Waals surface area contributed by atoms with Crippen molar-refractivity contribution in [3.8, 4) is 0 Å². The molecule has 4 rings (SSSR count). The summed E-state index contributed by atoms with van der Waals surface area (Å²) in [5, 5.41) is 6.02. The second-order valence-electron chi connectivity index (χ2n) is 12.9. The third-order valence-electron chi connectivity index (χ3n) is 8.19. The number of nitrogens with one attached hydrogen (secondary N) is 2. The van der Waals surface area contributed by atoms with E-state index in [0.717, 1.165) is 24.8 Å². The van der Waals surface area contributed by atoms with Crippen molar-refractivity contribution in [2.45, 2.75) is 109 Å². The van der Waals surface area contributed by atoms with Gasteiger partial charge in [-0.3, -0.25) is 19.3 Å². The van der Waals surface area contributed by atoms with Gasteiger partial charge in [0.05, 0.1) is 11.4 Å². The van der Waals surface area contributed by atoms with Crippen molar-refractivity contribution in [3.63, 3.8) is 0 Å². The molecule has 220 valence electrons. The first-order chi connectivity index (χ1) is 18.7. The molecular formula is C30H44N4O5S. The Labute approximate surface area is 242 Å². The second-order valence-corrected chi connectivity index (χ2v) is 14.2. The summed E-state index contributed by atoms with van der Waals surface area (Å²) in [6.45, 7) is 11.0. The van der Waals surface area contributed by atoms with E-state index in [9.17, 15) is 19.2 Å². The summed E-state index contributed by atoms with van der Waals surface area (Å²) < 4.78 is 5.39. The zero-order chi connectivity index (χ0) is 29.4. The summed E-state index contributed by atoms with van der Waals surface area (Å²) in [6.07, 6.45) is 3.41. The Balaban J connectivity index is 1.49. The van der Waals surface area contributed by atoms with Gasteiger partial charge in [0.2, 0.25) is 17.7 Å². The van der Waals surface area contributed by atoms with E-state index in [-0.39, 0.29) is 23.2 Å². The standard InChI is InChI=1S/C30H44N4O5S/c1-18(33(7)28(38)39-29(2,3)4)25(35)32-22-15-16-40-23-17-30(5,6)24(34(23)27(22)37)26(36)31-21-14-10-12-19-11-8-9-13-20(19)21/h8-9,11,13,18,21-24H,10,12,14-17H2,1-7H3,(H,31,36)(H,32,35)/t18-,21+,22-,23-,24-/m0/s1. The molecule has 5 atom stereocenters. The maximum Gasteiger partial charge on any atom is 0.410 e. The Morgan fingerprint density at radius 1 is 1.12 bits per heavy atom. The van der Waals surface area contributed by atoms with Crippen molar-refractivity contribution < 1.29 is 23.9 Å². The molecule has 2 N–H and O–H groups in total. The van der Waals surface area contributed by atoms with Crippen molar-refractivity contribution in [1.82, 2.24) is 20.4 Å². The van der Waals surface area contributed by atoms with Crippen LogP contribution in [0.4, 0.5) is 4.79 Å². The Kier molecular flexibility index (Phi) is 8.78. The Hall–Kier alpha value is -2.75. The van der Waals surface area contributed by atoms with Crippen molar-refractivity contribution in [2.75, 3.05) is 12.8 Å². The molecule has 10 heteroatoms. The largest absolute Gasteiger partial charge is 0.444 e. The molecule has 2 heterocycles. The molecule has 2 aliphatic heterocycles. The molecule has 40 heavy (non-hydrogen) atoms. The van der Waals surface area contributed by atoms with E-state index >= 15 is 0 Å². The van der Waals surface area contributed by atoms with Gasteiger partial charge in [-0.25, -0.2) is 4.79 Å². The number of carbonyl (C=O) groups excluding carboxylic acids is 4. The molecule has 0 saturated carbocycles. The Morgan fingerprint density at radius 3 is 2.52 bits per heavy atom. The molecular weight excluding hydrogens is 528 g/mol. The molecule has 1 aromatic rings. The van der Waals surface area contributed by atoms with Crippen LogP contribution >= 0.6 is 11.8 Å². The number of likely N-dealkylation sites (N-methyl/N-ethyl adjacent to an activating group) is 1. The average Bonchev–Trinajstić information content (AvgIpc) is 3.07. The van der Waals surface area contributed by atoms with Gasteiger partial charge < -0.3 is 20.3 Å². The number of amides is 4. The lowest BCUT2D eigenvalue weighted by Crippen LogP contribution is -2.58. The van der Waals surface area contributed by atoms with Gasteiger partial charge in [0.1, 0.15) is 23.7 Å². The highest BCUT2D eigenvalue weighted by Gasteiger charge is 2.54. The zero-order valence-corrected chi connectivity index (χ0v) is 25.6.